The smallest absolute Gasteiger partial charge is 0.422 e. The van der Waals surface area contributed by atoms with Crippen LogP contribution in [0, 0.1) is 11.8 Å². The summed E-state index contributed by atoms with van der Waals surface area (Å²) in [7, 11) is 0. The number of hydrogen-bond donors (Lipinski definition) is 0. The monoisotopic (exact) mass is 556 g/mol. The van der Waals surface area contributed by atoms with Crippen molar-refractivity contribution in [3.8, 4) is 5.75 Å². The number of aryl methyl sites for hydroxylation is 2. The van der Waals surface area contributed by atoms with E-state index in [0.717, 1.165) is 56.4 Å². The highest BCUT2D eigenvalue weighted by Crippen LogP contribution is 2.32. The molecule has 2 aliphatic carbocycles. The van der Waals surface area contributed by atoms with Crippen molar-refractivity contribution in [1.29, 1.82) is 0 Å². The Morgan fingerprint density at radius 3 is 2.50 bits per heavy atom. The number of ketones is 1. The first-order valence-corrected chi connectivity index (χ1v) is 15.2. The molecule has 0 atom stereocenters. The largest absolute Gasteiger partial charge is 0.484 e. The molecular formula is C33H43F3N2O2. The molecule has 2 aromatic rings. The van der Waals surface area contributed by atoms with E-state index in [1.165, 1.54) is 55.5 Å². The predicted molar refractivity (Wildman–Crippen MR) is 152 cm³/mol. The Labute approximate surface area is 236 Å². The number of nitrogens with zero attached hydrogens (tertiary/aromatic N) is 2. The third-order valence-electron chi connectivity index (χ3n) is 8.40. The molecule has 0 spiro atoms. The quantitative estimate of drug-likeness (QED) is 0.232. The number of ether oxygens (including phenoxy) is 1. The molecule has 2 aliphatic rings. The summed E-state index contributed by atoms with van der Waals surface area (Å²) in [4.78, 5) is 21.6. The van der Waals surface area contributed by atoms with E-state index in [2.05, 4.69) is 22.1 Å². The molecule has 0 unspecified atom stereocenters. The molecule has 4 nitrogen and oxygen atoms in total. The molecule has 1 aromatic carbocycles. The normalized spacial score (nSPS) is 19.5. The first kappa shape index (κ1) is 30.3. The maximum atomic E-state index is 12.5. The van der Waals surface area contributed by atoms with E-state index in [1.807, 2.05) is 0 Å². The van der Waals surface area contributed by atoms with Crippen molar-refractivity contribution < 1.29 is 22.7 Å². The number of aromatic nitrogens is 2. The van der Waals surface area contributed by atoms with Crippen molar-refractivity contribution in [2.45, 2.75) is 109 Å². The van der Waals surface area contributed by atoms with Gasteiger partial charge in [-0.2, -0.15) is 13.2 Å². The van der Waals surface area contributed by atoms with Gasteiger partial charge in [0.15, 0.2) is 6.61 Å². The predicted octanol–water partition coefficient (Wildman–Crippen LogP) is 8.66. The lowest BCUT2D eigenvalue weighted by molar-refractivity contribution is -0.153. The van der Waals surface area contributed by atoms with Crippen LogP contribution in [0.5, 0.6) is 5.75 Å². The minimum absolute atomic E-state index is 0.279. The van der Waals surface area contributed by atoms with Gasteiger partial charge in [0, 0.05) is 18.4 Å². The number of allylic oxidation sites excluding steroid dienone is 1. The van der Waals surface area contributed by atoms with Crippen LogP contribution in [-0.4, -0.2) is 28.5 Å². The molecular weight excluding hydrogens is 513 g/mol. The summed E-state index contributed by atoms with van der Waals surface area (Å²) < 4.78 is 42.4. The number of para-hydroxylation sites is 1. The Morgan fingerprint density at radius 2 is 1.70 bits per heavy atom. The van der Waals surface area contributed by atoms with Crippen LogP contribution in [0.25, 0.3) is 6.08 Å². The molecule has 7 heteroatoms. The minimum atomic E-state index is -4.35. The van der Waals surface area contributed by atoms with Crippen molar-refractivity contribution in [3.63, 3.8) is 0 Å². The van der Waals surface area contributed by atoms with Gasteiger partial charge in [-0.25, -0.2) is 9.97 Å². The van der Waals surface area contributed by atoms with Gasteiger partial charge < -0.3 is 4.74 Å². The second-order valence-corrected chi connectivity index (χ2v) is 11.6. The molecule has 1 heterocycles. The zero-order chi connectivity index (χ0) is 28.2. The van der Waals surface area contributed by atoms with Crippen molar-refractivity contribution in [3.05, 3.63) is 59.2 Å². The fourth-order valence-electron chi connectivity index (χ4n) is 6.26. The van der Waals surface area contributed by atoms with Gasteiger partial charge in [-0.15, -0.1) is 0 Å². The Balaban J connectivity index is 1.09. The van der Waals surface area contributed by atoms with Crippen molar-refractivity contribution in [2.24, 2.45) is 11.8 Å². The van der Waals surface area contributed by atoms with Gasteiger partial charge in [0.05, 0.1) is 11.4 Å². The lowest BCUT2D eigenvalue weighted by Crippen LogP contribution is -2.19. The van der Waals surface area contributed by atoms with E-state index >= 15 is 0 Å². The number of carbonyl (C=O) groups is 1. The second-order valence-electron chi connectivity index (χ2n) is 11.6. The minimum Gasteiger partial charge on any atom is -0.484 e. The maximum Gasteiger partial charge on any atom is 0.422 e. The maximum absolute atomic E-state index is 12.5. The number of halogens is 3. The lowest BCUT2D eigenvalue weighted by Gasteiger charge is -2.25. The highest BCUT2D eigenvalue weighted by atomic mass is 19.4. The standard InChI is InChI=1S/C33H43F3N2O2/c34-33(35,36)23-40-32-21-6-2-16-27(32)15-1-3-17-28(39)18-9-12-25-10-7-13-26(14-8-11-25)22-31-29-19-4-5-20-30(29)37-24-38-31/h2,4,6,16,19,21,24-26H,1,3,5,7-15,17-18,20,22-23H2. The molecule has 1 aromatic heterocycles. The summed E-state index contributed by atoms with van der Waals surface area (Å²) in [5.41, 5.74) is 4.45. The summed E-state index contributed by atoms with van der Waals surface area (Å²) in [5.74, 6) is 1.99. The van der Waals surface area contributed by atoms with Gasteiger partial charge in [0.2, 0.25) is 0 Å². The molecule has 0 amide bonds. The summed E-state index contributed by atoms with van der Waals surface area (Å²) in [6.07, 6.45) is 17.9. The fourth-order valence-corrected chi connectivity index (χ4v) is 6.26. The average Bonchev–Trinajstić information content (AvgIpc) is 2.92. The zero-order valence-corrected chi connectivity index (χ0v) is 23.6. The molecule has 1 fully saturated rings. The molecule has 0 radical (unpaired) electrons. The van der Waals surface area contributed by atoms with Gasteiger partial charge in [-0.3, -0.25) is 4.79 Å². The number of carbonyl (C=O) groups excluding carboxylic acids is 1. The Kier molecular flexibility index (Phi) is 11.6. The van der Waals surface area contributed by atoms with Crippen LogP contribution in [-0.2, 0) is 24.1 Å². The van der Waals surface area contributed by atoms with Crippen LogP contribution in [0.4, 0.5) is 13.2 Å². The van der Waals surface area contributed by atoms with E-state index in [9.17, 15) is 18.0 Å². The molecule has 0 aliphatic heterocycles. The third kappa shape index (κ3) is 10.0. The van der Waals surface area contributed by atoms with Crippen LogP contribution in [0.2, 0.25) is 0 Å². The first-order valence-electron chi connectivity index (χ1n) is 15.2. The molecule has 218 valence electrons. The Bertz CT molecular complexity index is 1110. The number of alkyl halides is 3. The molecule has 4 rings (SSSR count). The van der Waals surface area contributed by atoms with E-state index in [0.29, 0.717) is 31.0 Å². The molecule has 1 saturated carbocycles. The third-order valence-corrected chi connectivity index (χ3v) is 8.40. The first-order chi connectivity index (χ1) is 19.4. The second kappa shape index (κ2) is 15.3. The number of fused-ring (bicyclic) bond motifs is 1. The number of rotatable bonds is 13. The van der Waals surface area contributed by atoms with Gasteiger partial charge in [0.25, 0.3) is 0 Å². The van der Waals surface area contributed by atoms with Gasteiger partial charge >= 0.3 is 6.18 Å². The molecule has 0 N–H and O–H groups in total. The van der Waals surface area contributed by atoms with Gasteiger partial charge in [0.1, 0.15) is 17.9 Å². The number of Topliss-reactive ketones (excluding diaryl/α,β-unsaturated/α-hetero) is 1. The van der Waals surface area contributed by atoms with Crippen LogP contribution < -0.4 is 4.74 Å². The summed E-state index contributed by atoms with van der Waals surface area (Å²) >= 11 is 0. The summed E-state index contributed by atoms with van der Waals surface area (Å²) in [6.45, 7) is -1.29. The van der Waals surface area contributed by atoms with Crippen molar-refractivity contribution >= 4 is 11.9 Å². The van der Waals surface area contributed by atoms with Crippen LogP contribution in [0.3, 0.4) is 0 Å². The van der Waals surface area contributed by atoms with E-state index < -0.39 is 12.8 Å². The zero-order valence-electron chi connectivity index (χ0n) is 23.6. The van der Waals surface area contributed by atoms with E-state index in [4.69, 9.17) is 4.74 Å². The van der Waals surface area contributed by atoms with Crippen LogP contribution in [0.1, 0.15) is 106 Å². The van der Waals surface area contributed by atoms with Gasteiger partial charge in [-0.05, 0) is 68.4 Å². The average molecular weight is 557 g/mol. The molecule has 0 saturated heterocycles. The summed E-state index contributed by atoms with van der Waals surface area (Å²) in [6, 6.07) is 6.85. The van der Waals surface area contributed by atoms with Crippen molar-refractivity contribution in [2.75, 3.05) is 6.61 Å². The van der Waals surface area contributed by atoms with Gasteiger partial charge in [-0.1, -0.05) is 75.3 Å². The fraction of sp³-hybridized carbons (Fsp3) is 0.606. The summed E-state index contributed by atoms with van der Waals surface area (Å²) in [5, 5.41) is 0. The highest BCUT2D eigenvalue weighted by Gasteiger charge is 2.28. The topological polar surface area (TPSA) is 52.1 Å². The SMILES string of the molecule is O=C(CCCCc1ccccc1OCC(F)(F)F)CCCC1CCCC(Cc2ncnc3c2C=CCC3)CCC1. The number of unbranched alkanes of at least 4 members (excludes halogenated alkanes) is 1. The van der Waals surface area contributed by atoms with E-state index in [-0.39, 0.29) is 5.75 Å². The lowest BCUT2D eigenvalue weighted by atomic mass is 9.81. The number of hydrogen-bond acceptors (Lipinski definition) is 4. The van der Waals surface area contributed by atoms with Crippen LogP contribution in [0.15, 0.2) is 36.7 Å². The molecule has 0 bridgehead atoms. The highest BCUT2D eigenvalue weighted by molar-refractivity contribution is 5.78. The van der Waals surface area contributed by atoms with Crippen LogP contribution >= 0.6 is 0 Å². The van der Waals surface area contributed by atoms with E-state index in [1.54, 1.807) is 30.6 Å². The Hall–Kier alpha value is -2.70. The number of benzene rings is 1. The molecule has 40 heavy (non-hydrogen) atoms. The Morgan fingerprint density at radius 1 is 0.950 bits per heavy atom. The van der Waals surface area contributed by atoms with Crippen molar-refractivity contribution in [1.82, 2.24) is 9.97 Å².